The van der Waals surface area contributed by atoms with Gasteiger partial charge in [0.1, 0.15) is 8.07 Å². The fourth-order valence-electron chi connectivity index (χ4n) is 8.05. The maximum atomic E-state index is 12.1. The van der Waals surface area contributed by atoms with Crippen molar-refractivity contribution < 1.29 is 4.57 Å². The lowest BCUT2D eigenvalue weighted by Crippen LogP contribution is -2.74. The smallest absolute Gasteiger partial charge is 0.399 e. The highest BCUT2D eigenvalue weighted by atomic mass is 31.1. The van der Waals surface area contributed by atoms with Gasteiger partial charge in [0.2, 0.25) is 0 Å². The van der Waals surface area contributed by atoms with Gasteiger partial charge < -0.3 is 34.4 Å². The van der Waals surface area contributed by atoms with Gasteiger partial charge in [-0.1, -0.05) is 150 Å². The summed E-state index contributed by atoms with van der Waals surface area (Å²) in [7, 11) is -5.67. The number of hydrogen-bond acceptors (Lipinski definition) is 7. The molecule has 312 valence electrons. The van der Waals surface area contributed by atoms with Crippen LogP contribution in [0, 0.1) is 0 Å². The minimum Gasteiger partial charge on any atom is -0.399 e. The van der Waals surface area contributed by atoms with E-state index in [-0.39, 0.29) is 0 Å². The van der Waals surface area contributed by atoms with E-state index in [1.165, 1.54) is 43.2 Å². The van der Waals surface area contributed by atoms with Gasteiger partial charge in [-0.3, -0.25) is 0 Å². The maximum absolute atomic E-state index is 12.1. The van der Waals surface area contributed by atoms with E-state index in [4.69, 9.17) is 34.4 Å². The lowest BCUT2D eigenvalue weighted by atomic mass is 10.3. The van der Waals surface area contributed by atoms with Gasteiger partial charge in [-0.15, -0.1) is 0 Å². The van der Waals surface area contributed by atoms with Crippen molar-refractivity contribution in [2.24, 2.45) is 0 Å². The third-order valence-corrected chi connectivity index (χ3v) is 23.1. The Bertz CT molecular complexity index is 2440. The third kappa shape index (κ3) is 10.2. The Morgan fingerprint density at radius 3 is 0.806 bits per heavy atom. The summed E-state index contributed by atoms with van der Waals surface area (Å²) in [5.74, 6) is 0. The molecule has 12 N–H and O–H groups in total. The Balaban J connectivity index is 0.000000162. The molecule has 0 aliphatic heterocycles. The molecule has 0 saturated heterocycles. The standard InChI is InChI=1S/C24H22N2Si.C16H22N2Si.C12H12N2OP/c25-19-11-15-23(16-12-19)27(21-7-3-1-4-8-21,22-9-5-2-6-10-22)24-17-13-20(26)14-18-24;1-3-19(4-2,15-9-5-13(17)6-10-15)16-11-7-14(18)8-12-16;13-9-1-5-11(6-2-9)16(15)12-7-3-10(14)4-8-12/h1-18H,25-26H2;5-12H,3-4,17-18H2,1-2H3;1-8H,13-14H2/q;;+1. The highest BCUT2D eigenvalue weighted by Crippen LogP contribution is 2.21. The number of rotatable bonds is 10. The Morgan fingerprint density at radius 2 is 0.548 bits per heavy atom. The molecule has 10 heteroatoms. The fourth-order valence-corrected chi connectivity index (χ4v) is 18.0. The molecule has 0 aromatic heterocycles. The Labute approximate surface area is 369 Å². The largest absolute Gasteiger partial charge is 0.415 e. The van der Waals surface area contributed by atoms with Crippen LogP contribution in [-0.4, -0.2) is 16.1 Å². The molecule has 0 radical (unpaired) electrons. The van der Waals surface area contributed by atoms with Crippen LogP contribution in [0.2, 0.25) is 12.1 Å². The summed E-state index contributed by atoms with van der Waals surface area (Å²) in [6.07, 6.45) is 0. The molecule has 8 aromatic carbocycles. The predicted molar refractivity (Wildman–Crippen MR) is 275 cm³/mol. The van der Waals surface area contributed by atoms with E-state index < -0.39 is 23.9 Å². The van der Waals surface area contributed by atoms with E-state index in [9.17, 15) is 4.57 Å². The molecule has 62 heavy (non-hydrogen) atoms. The molecule has 0 unspecified atom stereocenters. The maximum Gasteiger partial charge on any atom is 0.415 e. The van der Waals surface area contributed by atoms with Crippen molar-refractivity contribution in [2.45, 2.75) is 25.9 Å². The molecular formula is C52H56N6OPSi2+. The molecule has 0 atom stereocenters. The minimum atomic E-state index is -2.46. The summed E-state index contributed by atoms with van der Waals surface area (Å²) in [6.45, 7) is 4.59. The van der Waals surface area contributed by atoms with Gasteiger partial charge in [0.05, 0.1) is 0 Å². The van der Waals surface area contributed by atoms with Crippen molar-refractivity contribution in [3.8, 4) is 0 Å². The van der Waals surface area contributed by atoms with Crippen LogP contribution >= 0.6 is 7.80 Å². The van der Waals surface area contributed by atoms with Crippen LogP contribution < -0.4 is 76.1 Å². The third-order valence-electron chi connectivity index (χ3n) is 11.5. The molecule has 0 heterocycles. The summed E-state index contributed by atoms with van der Waals surface area (Å²) in [6, 6.07) is 71.7. The van der Waals surface area contributed by atoms with E-state index in [0.29, 0.717) is 11.4 Å². The van der Waals surface area contributed by atoms with Gasteiger partial charge in [-0.05, 0) is 118 Å². The number of hydrogen-bond donors (Lipinski definition) is 6. The zero-order valence-corrected chi connectivity index (χ0v) is 38.3. The molecule has 8 rings (SSSR count). The average molecular weight is 868 g/mol. The van der Waals surface area contributed by atoms with E-state index in [1.54, 1.807) is 48.5 Å². The Hall–Kier alpha value is -6.91. The molecular weight excluding hydrogens is 812 g/mol. The van der Waals surface area contributed by atoms with E-state index in [1.807, 2.05) is 48.5 Å². The van der Waals surface area contributed by atoms with Crippen molar-refractivity contribution in [3.05, 3.63) is 206 Å². The summed E-state index contributed by atoms with van der Waals surface area (Å²) in [5.41, 5.74) is 39.3. The zero-order valence-electron chi connectivity index (χ0n) is 35.4. The lowest BCUT2D eigenvalue weighted by Gasteiger charge is -2.34. The van der Waals surface area contributed by atoms with Crippen molar-refractivity contribution in [2.75, 3.05) is 34.4 Å². The molecule has 8 aromatic rings. The highest BCUT2D eigenvalue weighted by molar-refractivity contribution is 7.61. The van der Waals surface area contributed by atoms with Crippen LogP contribution in [0.5, 0.6) is 0 Å². The van der Waals surface area contributed by atoms with Gasteiger partial charge in [0.25, 0.3) is 0 Å². The summed E-state index contributed by atoms with van der Waals surface area (Å²) in [5, 5.41) is 9.74. The number of anilines is 6. The van der Waals surface area contributed by atoms with Gasteiger partial charge >= 0.3 is 7.80 Å². The monoisotopic (exact) mass is 867 g/mol. The van der Waals surface area contributed by atoms with Crippen LogP contribution in [-0.2, 0) is 4.57 Å². The second-order valence-corrected chi connectivity index (χ2v) is 25.4. The average Bonchev–Trinajstić information content (AvgIpc) is 3.31. The minimum absolute atomic E-state index is 0.671. The van der Waals surface area contributed by atoms with Crippen LogP contribution in [0.4, 0.5) is 34.1 Å². The van der Waals surface area contributed by atoms with Gasteiger partial charge in [0.15, 0.2) is 18.7 Å². The topological polar surface area (TPSA) is 173 Å². The number of nitrogens with two attached hydrogens (primary N) is 6. The van der Waals surface area contributed by atoms with Gasteiger partial charge in [0, 0.05) is 34.1 Å². The predicted octanol–water partition coefficient (Wildman–Crippen LogP) is 6.31. The molecule has 0 spiro atoms. The number of nitrogen functional groups attached to an aromatic ring is 6. The lowest BCUT2D eigenvalue weighted by molar-refractivity contribution is 0.598. The van der Waals surface area contributed by atoms with E-state index in [0.717, 1.165) is 33.4 Å². The molecule has 0 fully saturated rings. The Kier molecular flexibility index (Phi) is 14.8. The first-order chi connectivity index (χ1) is 30.0. The summed E-state index contributed by atoms with van der Waals surface area (Å²) < 4.78 is 12.1. The van der Waals surface area contributed by atoms with E-state index in [2.05, 4.69) is 123 Å². The summed E-state index contributed by atoms with van der Waals surface area (Å²) >= 11 is 0. The first kappa shape index (κ1) is 44.6. The molecule has 0 saturated carbocycles. The van der Waals surface area contributed by atoms with Crippen molar-refractivity contribution in [1.82, 2.24) is 0 Å². The SMILES string of the molecule is CC[Si](CC)(c1ccc(N)cc1)c1ccc(N)cc1.Nc1ccc([P+](=O)c2ccc(N)cc2)cc1.Nc1ccc([Si](c2ccccc2)(c2ccccc2)c2ccc(N)cc2)cc1. The first-order valence-electron chi connectivity index (χ1n) is 20.7. The summed E-state index contributed by atoms with van der Waals surface area (Å²) in [4.78, 5) is 0. The molecule has 0 bridgehead atoms. The van der Waals surface area contributed by atoms with Crippen molar-refractivity contribution in [1.29, 1.82) is 0 Å². The number of benzene rings is 8. The highest BCUT2D eigenvalue weighted by Gasteiger charge is 2.41. The van der Waals surface area contributed by atoms with Gasteiger partial charge in [-0.2, -0.15) is 0 Å². The quantitative estimate of drug-likeness (QED) is 0.0405. The second kappa shape index (κ2) is 20.6. The van der Waals surface area contributed by atoms with Gasteiger partial charge in [-0.25, -0.2) is 0 Å². The molecule has 0 amide bonds. The fraction of sp³-hybridized carbons (Fsp3) is 0.0769. The first-order valence-corrected chi connectivity index (χ1v) is 26.4. The molecule has 7 nitrogen and oxygen atoms in total. The van der Waals surface area contributed by atoms with Crippen LogP contribution in [0.1, 0.15) is 13.8 Å². The van der Waals surface area contributed by atoms with Crippen LogP contribution in [0.25, 0.3) is 0 Å². The zero-order chi connectivity index (χ0) is 44.1. The van der Waals surface area contributed by atoms with Crippen molar-refractivity contribution in [3.63, 3.8) is 0 Å². The van der Waals surface area contributed by atoms with Crippen LogP contribution in [0.15, 0.2) is 206 Å². The van der Waals surface area contributed by atoms with E-state index >= 15 is 0 Å². The van der Waals surface area contributed by atoms with Crippen LogP contribution in [0.3, 0.4) is 0 Å². The normalized spacial score (nSPS) is 11.0. The molecule has 0 aliphatic carbocycles. The van der Waals surface area contributed by atoms with Crippen molar-refractivity contribution >= 4 is 99.8 Å². The Morgan fingerprint density at radius 1 is 0.323 bits per heavy atom. The second-order valence-electron chi connectivity index (χ2n) is 15.2. The molecule has 0 aliphatic rings.